The van der Waals surface area contributed by atoms with Gasteiger partial charge in [-0.3, -0.25) is 0 Å². The molecule has 3 aromatic heterocycles. The van der Waals surface area contributed by atoms with Crippen LogP contribution in [0.15, 0.2) is 50.6 Å². The van der Waals surface area contributed by atoms with Crippen molar-refractivity contribution < 1.29 is 4.42 Å². The topological polar surface area (TPSA) is 81.1 Å². The van der Waals surface area contributed by atoms with Gasteiger partial charge in [0.1, 0.15) is 11.3 Å². The van der Waals surface area contributed by atoms with Crippen molar-refractivity contribution in [2.24, 2.45) is 5.10 Å². The van der Waals surface area contributed by atoms with Crippen LogP contribution in [0.25, 0.3) is 22.1 Å². The number of hydrazone groups is 1. The molecule has 4 rings (SSSR count). The lowest BCUT2D eigenvalue weighted by atomic mass is 10.2. The van der Waals surface area contributed by atoms with Gasteiger partial charge >= 0.3 is 0 Å². The summed E-state index contributed by atoms with van der Waals surface area (Å²) in [6.07, 6.45) is 2.56. The third-order valence-electron chi connectivity index (χ3n) is 3.77. The highest BCUT2D eigenvalue weighted by Gasteiger charge is 2.13. The number of rotatable bonds is 5. The fourth-order valence-electron chi connectivity index (χ4n) is 2.75. The molecule has 126 valence electrons. The zero-order chi connectivity index (χ0) is 17.2. The third kappa shape index (κ3) is 3.00. The highest BCUT2D eigenvalue weighted by molar-refractivity contribution is 9.10. The van der Waals surface area contributed by atoms with Crippen molar-refractivity contribution in [3.8, 4) is 0 Å². The van der Waals surface area contributed by atoms with Crippen LogP contribution in [0.3, 0.4) is 0 Å². The van der Waals surface area contributed by atoms with Crippen LogP contribution in [0.1, 0.15) is 19.1 Å². The van der Waals surface area contributed by atoms with Gasteiger partial charge in [0.05, 0.1) is 11.7 Å². The number of aryl methyl sites for hydroxylation is 1. The molecule has 3 heterocycles. The Kier molecular flexibility index (Phi) is 4.19. The zero-order valence-electron chi connectivity index (χ0n) is 13.5. The molecule has 0 atom stereocenters. The first-order valence-electron chi connectivity index (χ1n) is 7.92. The fourth-order valence-corrected chi connectivity index (χ4v) is 3.07. The van der Waals surface area contributed by atoms with Gasteiger partial charge in [-0.1, -0.05) is 25.1 Å². The molecule has 0 aliphatic carbocycles. The number of para-hydroxylation sites is 1. The highest BCUT2D eigenvalue weighted by atomic mass is 79.9. The van der Waals surface area contributed by atoms with Gasteiger partial charge in [-0.15, -0.1) is 10.2 Å². The largest absolute Gasteiger partial charge is 0.448 e. The number of aromatic nitrogens is 4. The van der Waals surface area contributed by atoms with Gasteiger partial charge < -0.3 is 8.98 Å². The maximum atomic E-state index is 5.35. The predicted octanol–water partition coefficient (Wildman–Crippen LogP) is 4.19. The summed E-state index contributed by atoms with van der Waals surface area (Å²) in [4.78, 5) is 4.59. The van der Waals surface area contributed by atoms with Crippen molar-refractivity contribution in [1.82, 2.24) is 19.7 Å². The monoisotopic (exact) mass is 398 g/mol. The number of benzene rings is 1. The van der Waals surface area contributed by atoms with E-state index in [0.717, 1.165) is 35.0 Å². The van der Waals surface area contributed by atoms with Crippen LogP contribution in [-0.2, 0) is 6.54 Å². The Balaban J connectivity index is 1.70. The average molecular weight is 399 g/mol. The molecular weight excluding hydrogens is 384 g/mol. The molecule has 0 saturated heterocycles. The van der Waals surface area contributed by atoms with Gasteiger partial charge in [0.15, 0.2) is 10.3 Å². The van der Waals surface area contributed by atoms with E-state index in [4.69, 9.17) is 4.42 Å². The molecular formula is C17H15BrN6O. The Bertz CT molecular complexity index is 1070. The Morgan fingerprint density at radius 1 is 1.24 bits per heavy atom. The van der Waals surface area contributed by atoms with Crippen molar-refractivity contribution in [2.45, 2.75) is 19.9 Å². The lowest BCUT2D eigenvalue weighted by molar-refractivity contribution is 0.534. The van der Waals surface area contributed by atoms with Crippen LogP contribution in [0.2, 0.25) is 0 Å². The number of nitrogens with zero attached hydrogens (tertiary/aromatic N) is 5. The Hall–Kier alpha value is -2.74. The van der Waals surface area contributed by atoms with Gasteiger partial charge in [0.2, 0.25) is 0 Å². The maximum absolute atomic E-state index is 5.35. The van der Waals surface area contributed by atoms with Gasteiger partial charge in [0.25, 0.3) is 5.95 Å². The molecule has 0 amide bonds. The number of furan rings is 1. The minimum atomic E-state index is 0.342. The minimum Gasteiger partial charge on any atom is -0.448 e. The Labute approximate surface area is 151 Å². The van der Waals surface area contributed by atoms with Crippen LogP contribution in [0, 0.1) is 0 Å². The van der Waals surface area contributed by atoms with Crippen molar-refractivity contribution in [3.05, 3.63) is 46.8 Å². The molecule has 1 aromatic carbocycles. The van der Waals surface area contributed by atoms with Gasteiger partial charge in [-0.05, 0) is 40.5 Å². The SMILES string of the molecule is CCCn1c2ccccc2c2nnc(N/N=C/c3ccc(Br)o3)nc21. The van der Waals surface area contributed by atoms with Crippen LogP contribution < -0.4 is 5.43 Å². The average Bonchev–Trinajstić information content (AvgIpc) is 3.17. The van der Waals surface area contributed by atoms with E-state index in [1.54, 1.807) is 18.3 Å². The summed E-state index contributed by atoms with van der Waals surface area (Å²) in [5.41, 5.74) is 5.52. The molecule has 7 nitrogen and oxygen atoms in total. The number of fused-ring (bicyclic) bond motifs is 3. The summed E-state index contributed by atoms with van der Waals surface area (Å²) in [6, 6.07) is 11.7. The lowest BCUT2D eigenvalue weighted by Gasteiger charge is -2.04. The van der Waals surface area contributed by atoms with Crippen molar-refractivity contribution in [1.29, 1.82) is 0 Å². The number of hydrogen-bond donors (Lipinski definition) is 1. The predicted molar refractivity (Wildman–Crippen MR) is 101 cm³/mol. The van der Waals surface area contributed by atoms with E-state index in [-0.39, 0.29) is 0 Å². The van der Waals surface area contributed by atoms with Crippen molar-refractivity contribution >= 4 is 50.2 Å². The number of halogens is 1. The minimum absolute atomic E-state index is 0.342. The molecule has 8 heteroatoms. The molecule has 25 heavy (non-hydrogen) atoms. The van der Waals surface area contributed by atoms with Gasteiger partial charge in [-0.25, -0.2) is 5.43 Å². The Morgan fingerprint density at radius 2 is 2.12 bits per heavy atom. The molecule has 0 aliphatic rings. The maximum Gasteiger partial charge on any atom is 0.265 e. The second-order valence-electron chi connectivity index (χ2n) is 5.49. The number of hydrogen-bond acceptors (Lipinski definition) is 6. The van der Waals surface area contributed by atoms with Crippen LogP contribution in [0.5, 0.6) is 0 Å². The second-order valence-corrected chi connectivity index (χ2v) is 6.27. The smallest absolute Gasteiger partial charge is 0.265 e. The summed E-state index contributed by atoms with van der Waals surface area (Å²) >= 11 is 3.25. The molecule has 0 unspecified atom stereocenters. The van der Waals surface area contributed by atoms with E-state index in [9.17, 15) is 0 Å². The number of nitrogens with one attached hydrogen (secondary N) is 1. The zero-order valence-corrected chi connectivity index (χ0v) is 15.1. The molecule has 4 aromatic rings. The van der Waals surface area contributed by atoms with Crippen LogP contribution >= 0.6 is 15.9 Å². The Morgan fingerprint density at radius 3 is 2.92 bits per heavy atom. The summed E-state index contributed by atoms with van der Waals surface area (Å²) in [5.74, 6) is 0.961. The number of anilines is 1. The second kappa shape index (κ2) is 6.64. The highest BCUT2D eigenvalue weighted by Crippen LogP contribution is 2.26. The normalized spacial score (nSPS) is 11.8. The van der Waals surface area contributed by atoms with E-state index in [0.29, 0.717) is 16.4 Å². The third-order valence-corrected chi connectivity index (χ3v) is 4.20. The van der Waals surface area contributed by atoms with Crippen LogP contribution in [-0.4, -0.2) is 26.0 Å². The summed E-state index contributed by atoms with van der Waals surface area (Å²) < 4.78 is 8.16. The van der Waals surface area contributed by atoms with Crippen molar-refractivity contribution in [3.63, 3.8) is 0 Å². The fraction of sp³-hybridized carbons (Fsp3) is 0.176. The summed E-state index contributed by atoms with van der Waals surface area (Å²) in [7, 11) is 0. The lowest BCUT2D eigenvalue weighted by Crippen LogP contribution is -2.02. The standard InChI is InChI=1S/C17H15BrN6O/c1-2-9-24-13-6-4-3-5-12(13)15-16(24)20-17(23-21-15)22-19-10-11-7-8-14(18)25-11/h3-8,10H,2,9H2,1H3,(H,20,22,23)/b19-10+. The molecule has 0 aliphatic heterocycles. The van der Waals surface area contributed by atoms with E-state index in [1.165, 1.54) is 0 Å². The summed E-state index contributed by atoms with van der Waals surface area (Å²) in [6.45, 7) is 3.01. The first-order chi connectivity index (χ1) is 12.3. The van der Waals surface area contributed by atoms with E-state index >= 15 is 0 Å². The van der Waals surface area contributed by atoms with Gasteiger partial charge in [0, 0.05) is 11.9 Å². The van der Waals surface area contributed by atoms with E-state index in [1.807, 2.05) is 18.2 Å². The van der Waals surface area contributed by atoms with Crippen molar-refractivity contribution in [2.75, 3.05) is 5.43 Å². The first kappa shape index (κ1) is 15.8. The van der Waals surface area contributed by atoms with E-state index in [2.05, 4.69) is 59.2 Å². The van der Waals surface area contributed by atoms with E-state index < -0.39 is 0 Å². The quantitative estimate of drug-likeness (QED) is 0.402. The first-order valence-corrected chi connectivity index (χ1v) is 8.71. The molecule has 0 radical (unpaired) electrons. The molecule has 0 spiro atoms. The van der Waals surface area contributed by atoms with Gasteiger partial charge in [-0.2, -0.15) is 10.1 Å². The molecule has 0 bridgehead atoms. The molecule has 1 N–H and O–H groups in total. The molecule has 0 saturated carbocycles. The summed E-state index contributed by atoms with van der Waals surface area (Å²) in [5, 5.41) is 13.6. The van der Waals surface area contributed by atoms with Crippen LogP contribution in [0.4, 0.5) is 5.95 Å². The molecule has 0 fully saturated rings.